The second-order valence-electron chi connectivity index (χ2n) is 6.02. The third-order valence-electron chi connectivity index (χ3n) is 3.71. The van der Waals surface area contributed by atoms with Gasteiger partial charge in [0.25, 0.3) is 5.91 Å². The summed E-state index contributed by atoms with van der Waals surface area (Å²) in [6.45, 7) is 4.48. The van der Waals surface area contributed by atoms with E-state index in [2.05, 4.69) is 29.7 Å². The van der Waals surface area contributed by atoms with Gasteiger partial charge < -0.3 is 5.32 Å². The van der Waals surface area contributed by atoms with Crippen LogP contribution in [0.1, 0.15) is 52.4 Å². The first-order chi connectivity index (χ1) is 8.46. The topological polar surface area (TPSA) is 70.6 Å². The predicted molar refractivity (Wildman–Crippen MR) is 69.0 cm³/mol. The van der Waals surface area contributed by atoms with E-state index in [1.807, 2.05) is 0 Å². The van der Waals surface area contributed by atoms with Gasteiger partial charge in [-0.3, -0.25) is 9.59 Å². The molecule has 2 aliphatic rings. The van der Waals surface area contributed by atoms with Crippen molar-refractivity contribution in [1.82, 2.24) is 10.7 Å². The van der Waals surface area contributed by atoms with Gasteiger partial charge in [-0.25, -0.2) is 5.43 Å². The third-order valence-corrected chi connectivity index (χ3v) is 3.71. The Morgan fingerprint density at radius 1 is 1.44 bits per heavy atom. The van der Waals surface area contributed by atoms with Crippen molar-refractivity contribution in [3.8, 4) is 0 Å². The highest BCUT2D eigenvalue weighted by atomic mass is 16.2. The van der Waals surface area contributed by atoms with Crippen LogP contribution in [0.2, 0.25) is 0 Å². The minimum Gasteiger partial charge on any atom is -0.348 e. The Morgan fingerprint density at radius 2 is 2.22 bits per heavy atom. The maximum absolute atomic E-state index is 12.0. The molecule has 5 nitrogen and oxygen atoms in total. The molecule has 1 unspecified atom stereocenters. The van der Waals surface area contributed by atoms with Gasteiger partial charge in [0, 0.05) is 18.9 Å². The van der Waals surface area contributed by atoms with E-state index in [-0.39, 0.29) is 17.9 Å². The molecular formula is C13H21N3O2. The van der Waals surface area contributed by atoms with Crippen LogP contribution in [0.4, 0.5) is 0 Å². The highest BCUT2D eigenvalue weighted by Crippen LogP contribution is 2.35. The van der Waals surface area contributed by atoms with Crippen molar-refractivity contribution in [2.75, 3.05) is 0 Å². The lowest BCUT2D eigenvalue weighted by Gasteiger charge is -2.35. The second-order valence-corrected chi connectivity index (χ2v) is 6.02. The summed E-state index contributed by atoms with van der Waals surface area (Å²) in [4.78, 5) is 22.9. The van der Waals surface area contributed by atoms with Crippen LogP contribution in [0.3, 0.4) is 0 Å². The number of hydrogen-bond donors (Lipinski definition) is 2. The second kappa shape index (κ2) is 5.08. The van der Waals surface area contributed by atoms with E-state index in [1.165, 1.54) is 6.42 Å². The Kier molecular flexibility index (Phi) is 3.68. The molecule has 0 radical (unpaired) electrons. The molecule has 18 heavy (non-hydrogen) atoms. The standard InChI is InChI=1S/C13H21N3O2/c1-13(2)7-3-4-9(8-13)14-12(18)10-5-6-11(17)16-15-10/h9H,3-8H2,1-2H3,(H,14,18)(H,16,17). The molecule has 100 valence electrons. The average molecular weight is 251 g/mol. The van der Waals surface area contributed by atoms with Crippen molar-refractivity contribution in [2.24, 2.45) is 10.5 Å². The van der Waals surface area contributed by atoms with Crippen molar-refractivity contribution < 1.29 is 9.59 Å². The van der Waals surface area contributed by atoms with Gasteiger partial charge in [0.15, 0.2) is 0 Å². The normalized spacial score (nSPS) is 27.1. The first-order valence-corrected chi connectivity index (χ1v) is 6.62. The molecule has 1 heterocycles. The van der Waals surface area contributed by atoms with Gasteiger partial charge in [-0.15, -0.1) is 0 Å². The van der Waals surface area contributed by atoms with Crippen molar-refractivity contribution in [3.05, 3.63) is 0 Å². The summed E-state index contributed by atoms with van der Waals surface area (Å²) in [7, 11) is 0. The van der Waals surface area contributed by atoms with Crippen molar-refractivity contribution >= 4 is 17.5 Å². The van der Waals surface area contributed by atoms with E-state index < -0.39 is 0 Å². The maximum atomic E-state index is 12.0. The summed E-state index contributed by atoms with van der Waals surface area (Å²) in [5.74, 6) is -0.247. The van der Waals surface area contributed by atoms with Crippen LogP contribution in [-0.4, -0.2) is 23.6 Å². The highest BCUT2D eigenvalue weighted by Gasteiger charge is 2.30. The molecule has 1 aliphatic carbocycles. The van der Waals surface area contributed by atoms with Gasteiger partial charge in [0.05, 0.1) is 0 Å². The number of nitrogens with zero attached hydrogens (tertiary/aromatic N) is 1. The van der Waals surface area contributed by atoms with Crippen LogP contribution in [0.5, 0.6) is 0 Å². The lowest BCUT2D eigenvalue weighted by atomic mass is 9.75. The van der Waals surface area contributed by atoms with Crippen molar-refractivity contribution in [3.63, 3.8) is 0 Å². The zero-order valence-corrected chi connectivity index (χ0v) is 11.1. The fourth-order valence-electron chi connectivity index (χ4n) is 2.73. The molecule has 1 fully saturated rings. The molecule has 0 bridgehead atoms. The Balaban J connectivity index is 1.89. The van der Waals surface area contributed by atoms with Crippen LogP contribution in [0.25, 0.3) is 0 Å². The van der Waals surface area contributed by atoms with Crippen LogP contribution >= 0.6 is 0 Å². The lowest BCUT2D eigenvalue weighted by molar-refractivity contribution is -0.121. The number of nitrogens with one attached hydrogen (secondary N) is 2. The molecule has 0 aromatic heterocycles. The number of rotatable bonds is 2. The Bertz CT molecular complexity index is 388. The number of hydrazone groups is 1. The van der Waals surface area contributed by atoms with Gasteiger partial charge in [-0.2, -0.15) is 5.10 Å². The van der Waals surface area contributed by atoms with Crippen LogP contribution in [-0.2, 0) is 9.59 Å². The molecule has 1 saturated carbocycles. The lowest BCUT2D eigenvalue weighted by Crippen LogP contribution is -2.45. The summed E-state index contributed by atoms with van der Waals surface area (Å²) in [6.07, 6.45) is 5.21. The smallest absolute Gasteiger partial charge is 0.267 e. The van der Waals surface area contributed by atoms with Gasteiger partial charge in [-0.1, -0.05) is 20.3 Å². The summed E-state index contributed by atoms with van der Waals surface area (Å²) in [5, 5.41) is 6.86. The Labute approximate surface area is 107 Å². The molecule has 5 heteroatoms. The minimum absolute atomic E-state index is 0.120. The van der Waals surface area contributed by atoms with E-state index >= 15 is 0 Å². The molecule has 0 aromatic carbocycles. The predicted octanol–water partition coefficient (Wildman–Crippen LogP) is 1.34. The van der Waals surface area contributed by atoms with Gasteiger partial charge in [0.2, 0.25) is 5.91 Å². The Hall–Kier alpha value is -1.39. The highest BCUT2D eigenvalue weighted by molar-refractivity contribution is 6.39. The van der Waals surface area contributed by atoms with E-state index in [0.29, 0.717) is 24.0 Å². The van der Waals surface area contributed by atoms with Crippen molar-refractivity contribution in [2.45, 2.75) is 58.4 Å². The molecule has 2 amide bonds. The fraction of sp³-hybridized carbons (Fsp3) is 0.769. The molecular weight excluding hydrogens is 230 g/mol. The zero-order valence-electron chi connectivity index (χ0n) is 11.1. The van der Waals surface area contributed by atoms with E-state index in [0.717, 1.165) is 19.3 Å². The zero-order chi connectivity index (χ0) is 13.2. The number of carbonyl (C=O) groups excluding carboxylic acids is 2. The SMILES string of the molecule is CC1(C)CCCC(NC(=O)C2=NNC(=O)CC2)C1. The molecule has 2 N–H and O–H groups in total. The number of hydrogen-bond acceptors (Lipinski definition) is 3. The summed E-state index contributed by atoms with van der Waals surface area (Å²) < 4.78 is 0. The van der Waals surface area contributed by atoms with Gasteiger partial charge in [-0.05, 0) is 24.7 Å². The van der Waals surface area contributed by atoms with E-state index in [1.54, 1.807) is 0 Å². The van der Waals surface area contributed by atoms with Crippen LogP contribution in [0.15, 0.2) is 5.10 Å². The van der Waals surface area contributed by atoms with E-state index in [9.17, 15) is 9.59 Å². The first kappa shape index (κ1) is 13.1. The summed E-state index contributed by atoms with van der Waals surface area (Å²) >= 11 is 0. The summed E-state index contributed by atoms with van der Waals surface area (Å²) in [6, 6.07) is 0.238. The average Bonchev–Trinajstić information content (AvgIpc) is 2.28. The molecule has 1 aliphatic heterocycles. The molecule has 2 rings (SSSR count). The Morgan fingerprint density at radius 3 is 2.83 bits per heavy atom. The summed E-state index contributed by atoms with van der Waals surface area (Å²) in [5.41, 5.74) is 3.10. The number of carbonyl (C=O) groups is 2. The van der Waals surface area contributed by atoms with Gasteiger partial charge >= 0.3 is 0 Å². The quantitative estimate of drug-likeness (QED) is 0.777. The monoisotopic (exact) mass is 251 g/mol. The first-order valence-electron chi connectivity index (χ1n) is 6.62. The third kappa shape index (κ3) is 3.31. The molecule has 0 aromatic rings. The molecule has 0 saturated heterocycles. The van der Waals surface area contributed by atoms with Gasteiger partial charge in [0.1, 0.15) is 5.71 Å². The van der Waals surface area contributed by atoms with Crippen molar-refractivity contribution in [1.29, 1.82) is 0 Å². The maximum Gasteiger partial charge on any atom is 0.267 e. The number of amides is 2. The largest absolute Gasteiger partial charge is 0.348 e. The minimum atomic E-state index is -0.127. The van der Waals surface area contributed by atoms with Crippen LogP contribution < -0.4 is 10.7 Å². The van der Waals surface area contributed by atoms with E-state index in [4.69, 9.17) is 0 Å². The van der Waals surface area contributed by atoms with Crippen LogP contribution in [0, 0.1) is 5.41 Å². The molecule has 0 spiro atoms. The molecule has 1 atom stereocenters. The fourth-order valence-corrected chi connectivity index (χ4v) is 2.73.